The molecule has 116 valence electrons. The molecule has 0 saturated carbocycles. The average Bonchev–Trinajstić information content (AvgIpc) is 2.78. The van der Waals surface area contributed by atoms with Crippen molar-refractivity contribution in [1.29, 1.82) is 0 Å². The Kier molecular flexibility index (Phi) is 4.53. The number of hydrogen-bond donors (Lipinski definition) is 2. The maximum Gasteiger partial charge on any atom is 0.254 e. The molecule has 1 aliphatic rings. The van der Waals surface area contributed by atoms with Gasteiger partial charge >= 0.3 is 0 Å². The van der Waals surface area contributed by atoms with Gasteiger partial charge in [0, 0.05) is 23.8 Å². The van der Waals surface area contributed by atoms with Crippen LogP contribution in [-0.2, 0) is 9.84 Å². The minimum Gasteiger partial charge on any atom is -0.398 e. The minimum absolute atomic E-state index is 0.0416. The lowest BCUT2D eigenvalue weighted by Crippen LogP contribution is -2.43. The maximum atomic E-state index is 12.7. The number of carbonyl (C=O) groups excluding carboxylic acids is 1. The highest BCUT2D eigenvalue weighted by Crippen LogP contribution is 2.23. The van der Waals surface area contributed by atoms with Gasteiger partial charge < -0.3 is 15.7 Å². The summed E-state index contributed by atoms with van der Waals surface area (Å²) in [7, 11) is -3.09. The monoisotopic (exact) mass is 312 g/mol. The molecule has 7 heteroatoms. The highest BCUT2D eigenvalue weighted by molar-refractivity contribution is 7.91. The van der Waals surface area contributed by atoms with Crippen molar-refractivity contribution in [3.05, 3.63) is 29.3 Å². The van der Waals surface area contributed by atoms with Crippen LogP contribution in [0.1, 0.15) is 22.3 Å². The van der Waals surface area contributed by atoms with Gasteiger partial charge in [0.1, 0.15) is 0 Å². The summed E-state index contributed by atoms with van der Waals surface area (Å²) in [5.41, 5.74) is 7.45. The van der Waals surface area contributed by atoms with Crippen molar-refractivity contribution in [3.8, 4) is 0 Å². The van der Waals surface area contributed by atoms with Crippen LogP contribution in [0, 0.1) is 6.92 Å². The van der Waals surface area contributed by atoms with E-state index in [1.54, 1.807) is 25.1 Å². The standard InChI is InChI=1S/C14H20N2O4S/c1-10-12(3-2-4-13(10)15)14(18)16(6-7-17)11-5-8-21(19,20)9-11/h2-4,11,17H,5-9,15H2,1H3. The fraction of sp³-hybridized carbons (Fsp3) is 0.500. The Morgan fingerprint density at radius 3 is 2.76 bits per heavy atom. The topological polar surface area (TPSA) is 101 Å². The van der Waals surface area contributed by atoms with Gasteiger partial charge in [0.2, 0.25) is 0 Å². The summed E-state index contributed by atoms with van der Waals surface area (Å²) in [4.78, 5) is 14.1. The number of sulfone groups is 1. The molecule has 0 radical (unpaired) electrons. The SMILES string of the molecule is Cc1c(N)cccc1C(=O)N(CCO)C1CCS(=O)(=O)C1. The van der Waals surface area contributed by atoms with Gasteiger partial charge in [0.25, 0.3) is 5.91 Å². The van der Waals surface area contributed by atoms with E-state index in [0.717, 1.165) is 0 Å². The first-order valence-electron chi connectivity index (χ1n) is 6.83. The number of nitrogens with zero attached hydrogens (tertiary/aromatic N) is 1. The zero-order chi connectivity index (χ0) is 15.6. The molecular formula is C14H20N2O4S. The third kappa shape index (κ3) is 3.36. The average molecular weight is 312 g/mol. The van der Waals surface area contributed by atoms with Crippen LogP contribution in [0.2, 0.25) is 0 Å². The molecule has 1 atom stereocenters. The van der Waals surface area contributed by atoms with Gasteiger partial charge in [-0.15, -0.1) is 0 Å². The number of carbonyl (C=O) groups is 1. The number of benzene rings is 1. The predicted octanol–water partition coefficient (Wildman–Crippen LogP) is 0.199. The third-order valence-corrected chi connectivity index (χ3v) is 5.61. The molecule has 1 saturated heterocycles. The molecule has 0 spiro atoms. The zero-order valence-corrected chi connectivity index (χ0v) is 12.8. The Bertz CT molecular complexity index is 642. The highest BCUT2D eigenvalue weighted by Gasteiger charge is 2.35. The molecule has 2 rings (SSSR count). The van der Waals surface area contributed by atoms with Gasteiger partial charge in [-0.25, -0.2) is 8.42 Å². The molecular weight excluding hydrogens is 292 g/mol. The lowest BCUT2D eigenvalue weighted by atomic mass is 10.0. The first-order valence-corrected chi connectivity index (χ1v) is 8.65. The molecule has 1 amide bonds. The van der Waals surface area contributed by atoms with E-state index in [-0.39, 0.29) is 36.6 Å². The van der Waals surface area contributed by atoms with Crippen LogP contribution in [0.3, 0.4) is 0 Å². The van der Waals surface area contributed by atoms with Crippen molar-refractivity contribution in [2.45, 2.75) is 19.4 Å². The number of nitrogens with two attached hydrogens (primary N) is 1. The van der Waals surface area contributed by atoms with Crippen molar-refractivity contribution in [1.82, 2.24) is 4.90 Å². The van der Waals surface area contributed by atoms with Gasteiger partial charge in [-0.1, -0.05) is 6.07 Å². The molecule has 21 heavy (non-hydrogen) atoms. The maximum absolute atomic E-state index is 12.7. The zero-order valence-electron chi connectivity index (χ0n) is 11.9. The van der Waals surface area contributed by atoms with Crippen LogP contribution in [0.5, 0.6) is 0 Å². The molecule has 1 aromatic rings. The van der Waals surface area contributed by atoms with Crippen molar-refractivity contribution in [2.75, 3.05) is 30.4 Å². The summed E-state index contributed by atoms with van der Waals surface area (Å²) in [5.74, 6) is -0.237. The van der Waals surface area contributed by atoms with Crippen molar-refractivity contribution in [2.24, 2.45) is 0 Å². The van der Waals surface area contributed by atoms with Gasteiger partial charge in [-0.05, 0) is 31.0 Å². The van der Waals surface area contributed by atoms with E-state index < -0.39 is 9.84 Å². The number of aliphatic hydroxyl groups excluding tert-OH is 1. The quantitative estimate of drug-likeness (QED) is 0.773. The number of anilines is 1. The van der Waals surface area contributed by atoms with E-state index in [1.807, 2.05) is 0 Å². The fourth-order valence-electron chi connectivity index (χ4n) is 2.62. The minimum atomic E-state index is -3.09. The number of amides is 1. The molecule has 1 unspecified atom stereocenters. The molecule has 1 aromatic carbocycles. The molecule has 3 N–H and O–H groups in total. The van der Waals surface area contributed by atoms with Crippen LogP contribution in [0.25, 0.3) is 0 Å². The Labute approximate surface area is 124 Å². The Balaban J connectivity index is 2.30. The van der Waals surface area contributed by atoms with Crippen LogP contribution in [0.4, 0.5) is 5.69 Å². The molecule has 1 fully saturated rings. The number of rotatable bonds is 4. The van der Waals surface area contributed by atoms with Crippen molar-refractivity contribution >= 4 is 21.4 Å². The van der Waals surface area contributed by atoms with Gasteiger partial charge in [0.15, 0.2) is 9.84 Å². The van der Waals surface area contributed by atoms with Crippen molar-refractivity contribution in [3.63, 3.8) is 0 Å². The molecule has 0 aromatic heterocycles. The highest BCUT2D eigenvalue weighted by atomic mass is 32.2. The van der Waals surface area contributed by atoms with Gasteiger partial charge in [-0.2, -0.15) is 0 Å². The second-order valence-electron chi connectivity index (χ2n) is 5.30. The normalized spacial score (nSPS) is 20.4. The molecule has 6 nitrogen and oxygen atoms in total. The van der Waals surface area contributed by atoms with E-state index in [9.17, 15) is 18.3 Å². The Hall–Kier alpha value is -1.60. The lowest BCUT2D eigenvalue weighted by molar-refractivity contribution is 0.0654. The summed E-state index contributed by atoms with van der Waals surface area (Å²) in [6, 6.07) is 4.69. The number of nitrogen functional groups attached to an aromatic ring is 1. The van der Waals surface area contributed by atoms with E-state index in [1.165, 1.54) is 4.90 Å². The van der Waals surface area contributed by atoms with E-state index in [0.29, 0.717) is 23.2 Å². The largest absolute Gasteiger partial charge is 0.398 e. The van der Waals surface area contributed by atoms with Crippen LogP contribution < -0.4 is 5.73 Å². The van der Waals surface area contributed by atoms with Crippen molar-refractivity contribution < 1.29 is 18.3 Å². The van der Waals surface area contributed by atoms with E-state index in [4.69, 9.17) is 5.73 Å². The second kappa shape index (κ2) is 6.03. The number of hydrogen-bond acceptors (Lipinski definition) is 5. The lowest BCUT2D eigenvalue weighted by Gasteiger charge is -2.28. The fourth-order valence-corrected chi connectivity index (χ4v) is 4.35. The first-order chi connectivity index (χ1) is 9.85. The molecule has 0 aliphatic carbocycles. The molecule has 1 aliphatic heterocycles. The Morgan fingerprint density at radius 1 is 1.48 bits per heavy atom. The van der Waals surface area contributed by atoms with Crippen LogP contribution in [0.15, 0.2) is 18.2 Å². The van der Waals surface area contributed by atoms with Crippen LogP contribution in [-0.4, -0.2) is 55.0 Å². The van der Waals surface area contributed by atoms with Gasteiger partial charge in [-0.3, -0.25) is 4.79 Å². The second-order valence-corrected chi connectivity index (χ2v) is 7.53. The van der Waals surface area contributed by atoms with E-state index in [2.05, 4.69) is 0 Å². The summed E-state index contributed by atoms with van der Waals surface area (Å²) in [6.45, 7) is 1.67. The van der Waals surface area contributed by atoms with Gasteiger partial charge in [0.05, 0.1) is 18.1 Å². The van der Waals surface area contributed by atoms with Crippen LogP contribution >= 0.6 is 0 Å². The molecule has 0 bridgehead atoms. The smallest absolute Gasteiger partial charge is 0.254 e. The summed E-state index contributed by atoms with van der Waals surface area (Å²) < 4.78 is 23.2. The Morgan fingerprint density at radius 2 is 2.19 bits per heavy atom. The summed E-state index contributed by atoms with van der Waals surface area (Å²) >= 11 is 0. The van der Waals surface area contributed by atoms with E-state index >= 15 is 0 Å². The molecule has 1 heterocycles. The number of aliphatic hydroxyl groups is 1. The summed E-state index contributed by atoms with van der Waals surface area (Å²) in [5, 5.41) is 9.18. The summed E-state index contributed by atoms with van der Waals surface area (Å²) in [6.07, 6.45) is 0.412. The predicted molar refractivity (Wildman–Crippen MR) is 80.8 cm³/mol. The first kappa shape index (κ1) is 15.8. The third-order valence-electron chi connectivity index (χ3n) is 3.86.